The minimum absolute atomic E-state index is 0.0391. The summed E-state index contributed by atoms with van der Waals surface area (Å²) in [7, 11) is -2.14. The van der Waals surface area contributed by atoms with Gasteiger partial charge in [0.05, 0.1) is 21.6 Å². The van der Waals surface area contributed by atoms with Crippen LogP contribution in [0, 0.1) is 24.0 Å². The van der Waals surface area contributed by atoms with Gasteiger partial charge in [-0.25, -0.2) is 13.6 Å². The van der Waals surface area contributed by atoms with Gasteiger partial charge < -0.3 is 4.90 Å². The van der Waals surface area contributed by atoms with Crippen LogP contribution in [0.5, 0.6) is 0 Å². The predicted molar refractivity (Wildman–Crippen MR) is 96.5 cm³/mol. The molecule has 1 atom stereocenters. The second-order valence-corrected chi connectivity index (χ2v) is 8.07. The molecule has 1 saturated heterocycles. The van der Waals surface area contributed by atoms with Gasteiger partial charge in [0.25, 0.3) is 5.69 Å². The molecule has 1 aliphatic rings. The first-order valence-corrected chi connectivity index (χ1v) is 9.74. The van der Waals surface area contributed by atoms with Crippen LogP contribution in [0.3, 0.4) is 0 Å². The van der Waals surface area contributed by atoms with Crippen LogP contribution in [0.1, 0.15) is 35.8 Å². The monoisotopic (exact) mass is 379 g/mol. The lowest BCUT2D eigenvalue weighted by Gasteiger charge is -2.27. The zero-order valence-electron chi connectivity index (χ0n) is 14.8. The lowest BCUT2D eigenvalue weighted by Crippen LogP contribution is -2.24. The first kappa shape index (κ1) is 18.3. The van der Waals surface area contributed by atoms with Crippen LogP contribution < -0.4 is 10.0 Å². The first-order chi connectivity index (χ1) is 12.1. The summed E-state index contributed by atoms with van der Waals surface area (Å²) >= 11 is 0. The van der Waals surface area contributed by atoms with Gasteiger partial charge in [0, 0.05) is 30.9 Å². The van der Waals surface area contributed by atoms with E-state index in [1.807, 2.05) is 25.8 Å². The van der Waals surface area contributed by atoms with Gasteiger partial charge in [0.15, 0.2) is 0 Å². The van der Waals surface area contributed by atoms with Crippen molar-refractivity contribution in [3.8, 4) is 0 Å². The van der Waals surface area contributed by atoms with Gasteiger partial charge in [-0.1, -0.05) is 0 Å². The van der Waals surface area contributed by atoms with Gasteiger partial charge >= 0.3 is 0 Å². The molecule has 1 aromatic heterocycles. The van der Waals surface area contributed by atoms with Crippen LogP contribution in [0.4, 0.5) is 11.4 Å². The van der Waals surface area contributed by atoms with Crippen LogP contribution in [0.25, 0.3) is 0 Å². The van der Waals surface area contributed by atoms with E-state index in [-0.39, 0.29) is 16.6 Å². The van der Waals surface area contributed by atoms with Crippen molar-refractivity contribution in [2.24, 2.45) is 12.2 Å². The fourth-order valence-corrected chi connectivity index (χ4v) is 4.23. The van der Waals surface area contributed by atoms with Crippen molar-refractivity contribution in [2.45, 2.75) is 37.6 Å². The molecule has 0 saturated carbocycles. The molecular weight excluding hydrogens is 358 g/mol. The molecule has 3 rings (SSSR count). The number of nitro benzene ring substituents is 1. The minimum atomic E-state index is -4.01. The summed E-state index contributed by atoms with van der Waals surface area (Å²) in [5.41, 5.74) is 3.11. The maximum atomic E-state index is 11.6. The highest BCUT2D eigenvalue weighted by Crippen LogP contribution is 2.42. The van der Waals surface area contributed by atoms with E-state index in [4.69, 9.17) is 5.14 Å². The third kappa shape index (κ3) is 3.06. The molecule has 1 aromatic carbocycles. The standard InChI is InChI=1S/C16H21N5O4S/c1-10-16(11(2)19(3)18-10)14-5-4-8-20(14)13-7-6-12(26(17,24)25)9-15(13)21(22)23/h6-7,9,14H,4-5,8H2,1-3H3,(H2,17,24,25). The number of nitrogens with two attached hydrogens (primary N) is 1. The summed E-state index contributed by atoms with van der Waals surface area (Å²) in [6.45, 7) is 4.55. The number of benzene rings is 1. The molecule has 26 heavy (non-hydrogen) atoms. The highest BCUT2D eigenvalue weighted by molar-refractivity contribution is 7.89. The summed E-state index contributed by atoms with van der Waals surface area (Å²) in [6.07, 6.45) is 1.73. The molecular formula is C16H21N5O4S. The zero-order chi connectivity index (χ0) is 19.2. The third-order valence-electron chi connectivity index (χ3n) is 4.93. The zero-order valence-corrected chi connectivity index (χ0v) is 15.7. The van der Waals surface area contributed by atoms with E-state index >= 15 is 0 Å². The summed E-state index contributed by atoms with van der Waals surface area (Å²) in [5.74, 6) is 0. The number of anilines is 1. The molecule has 9 nitrogen and oxygen atoms in total. The molecule has 1 aliphatic heterocycles. The van der Waals surface area contributed by atoms with E-state index in [9.17, 15) is 18.5 Å². The van der Waals surface area contributed by atoms with Crippen molar-refractivity contribution >= 4 is 21.4 Å². The largest absolute Gasteiger partial charge is 0.359 e. The van der Waals surface area contributed by atoms with E-state index in [1.165, 1.54) is 12.1 Å². The molecule has 0 spiro atoms. The topological polar surface area (TPSA) is 124 Å². The number of aromatic nitrogens is 2. The smallest absolute Gasteiger partial charge is 0.293 e. The maximum absolute atomic E-state index is 11.6. The highest BCUT2D eigenvalue weighted by atomic mass is 32.2. The number of aryl methyl sites for hydroxylation is 2. The summed E-state index contributed by atoms with van der Waals surface area (Å²) in [5, 5.41) is 21.1. The summed E-state index contributed by atoms with van der Waals surface area (Å²) in [4.78, 5) is 12.7. The second-order valence-electron chi connectivity index (χ2n) is 6.51. The quantitative estimate of drug-likeness (QED) is 0.639. The van der Waals surface area contributed by atoms with Gasteiger partial charge in [-0.15, -0.1) is 0 Å². The first-order valence-electron chi connectivity index (χ1n) is 8.19. The Morgan fingerprint density at radius 1 is 1.35 bits per heavy atom. The van der Waals surface area contributed by atoms with Crippen LogP contribution in [-0.4, -0.2) is 29.7 Å². The van der Waals surface area contributed by atoms with Crippen LogP contribution >= 0.6 is 0 Å². The Kier molecular flexibility index (Phi) is 4.49. The SMILES string of the molecule is Cc1nn(C)c(C)c1C1CCCN1c1ccc(S(N)(=O)=O)cc1[N+](=O)[O-]. The number of nitrogens with zero attached hydrogens (tertiary/aromatic N) is 4. The molecule has 2 heterocycles. The van der Waals surface area contributed by atoms with E-state index in [2.05, 4.69) is 5.10 Å². The maximum Gasteiger partial charge on any atom is 0.293 e. The van der Waals surface area contributed by atoms with Crippen molar-refractivity contribution in [3.05, 3.63) is 45.3 Å². The third-order valence-corrected chi connectivity index (χ3v) is 5.84. The Morgan fingerprint density at radius 2 is 2.04 bits per heavy atom. The Hall–Kier alpha value is -2.46. The Balaban J connectivity index is 2.11. The second kappa shape index (κ2) is 6.36. The van der Waals surface area contributed by atoms with E-state index < -0.39 is 14.9 Å². The molecule has 10 heteroatoms. The van der Waals surface area contributed by atoms with Crippen LogP contribution in [0.2, 0.25) is 0 Å². The Bertz CT molecular complexity index is 983. The lowest BCUT2D eigenvalue weighted by atomic mass is 10.0. The van der Waals surface area contributed by atoms with Gasteiger partial charge in [-0.05, 0) is 38.8 Å². The molecule has 0 bridgehead atoms. The number of nitro groups is 1. The van der Waals surface area contributed by atoms with Crippen LogP contribution in [0.15, 0.2) is 23.1 Å². The van der Waals surface area contributed by atoms with Crippen molar-refractivity contribution in [1.29, 1.82) is 0 Å². The average Bonchev–Trinajstić information content (AvgIpc) is 3.10. The molecule has 2 aromatic rings. The number of hydrogen-bond acceptors (Lipinski definition) is 6. The number of hydrogen-bond donors (Lipinski definition) is 1. The number of sulfonamides is 1. The van der Waals surface area contributed by atoms with Crippen molar-refractivity contribution in [2.75, 3.05) is 11.4 Å². The fourth-order valence-electron chi connectivity index (χ4n) is 3.70. The number of rotatable bonds is 4. The van der Waals surface area contributed by atoms with Crippen molar-refractivity contribution < 1.29 is 13.3 Å². The highest BCUT2D eigenvalue weighted by Gasteiger charge is 2.34. The summed E-state index contributed by atoms with van der Waals surface area (Å²) < 4.78 is 24.9. The lowest BCUT2D eigenvalue weighted by molar-refractivity contribution is -0.384. The van der Waals surface area contributed by atoms with E-state index in [0.29, 0.717) is 12.2 Å². The molecule has 140 valence electrons. The van der Waals surface area contributed by atoms with Crippen molar-refractivity contribution in [3.63, 3.8) is 0 Å². The van der Waals surface area contributed by atoms with Gasteiger partial charge in [0.1, 0.15) is 5.69 Å². The van der Waals surface area contributed by atoms with E-state index in [0.717, 1.165) is 35.9 Å². The minimum Gasteiger partial charge on any atom is -0.359 e. The summed E-state index contributed by atoms with van der Waals surface area (Å²) in [6, 6.07) is 3.78. The molecule has 2 N–H and O–H groups in total. The fraction of sp³-hybridized carbons (Fsp3) is 0.438. The van der Waals surface area contributed by atoms with Gasteiger partial charge in [0.2, 0.25) is 10.0 Å². The van der Waals surface area contributed by atoms with Gasteiger partial charge in [-0.2, -0.15) is 5.10 Å². The van der Waals surface area contributed by atoms with E-state index in [1.54, 1.807) is 4.68 Å². The molecule has 1 fully saturated rings. The average molecular weight is 379 g/mol. The predicted octanol–water partition coefficient (Wildman–Crippen LogP) is 1.93. The van der Waals surface area contributed by atoms with Gasteiger partial charge in [-0.3, -0.25) is 14.8 Å². The Morgan fingerprint density at radius 3 is 2.58 bits per heavy atom. The molecule has 0 amide bonds. The molecule has 0 aliphatic carbocycles. The Labute approximate surface area is 151 Å². The normalized spacial score (nSPS) is 17.7. The molecule has 1 unspecified atom stereocenters. The van der Waals surface area contributed by atoms with Crippen molar-refractivity contribution in [1.82, 2.24) is 9.78 Å². The molecule has 0 radical (unpaired) electrons. The number of primary sulfonamides is 1. The van der Waals surface area contributed by atoms with Crippen LogP contribution in [-0.2, 0) is 17.1 Å².